The van der Waals surface area contributed by atoms with Crippen LogP contribution < -0.4 is 0 Å². The second kappa shape index (κ2) is 16.6. The molecule has 0 radical (unpaired) electrons. The van der Waals surface area contributed by atoms with Gasteiger partial charge in [-0.05, 0) is 61.7 Å². The molecule has 0 aromatic carbocycles. The predicted molar refractivity (Wildman–Crippen MR) is 200 cm³/mol. The highest BCUT2D eigenvalue weighted by molar-refractivity contribution is 7.35. The van der Waals surface area contributed by atoms with E-state index in [-0.39, 0.29) is 10.1 Å². The molecular weight excluding hydrogens is 667 g/mol. The molecule has 0 aliphatic heterocycles. The van der Waals surface area contributed by atoms with Crippen molar-refractivity contribution in [3.8, 4) is 0 Å². The van der Waals surface area contributed by atoms with Gasteiger partial charge in [-0.25, -0.2) is 0 Å². The minimum absolute atomic E-state index is 0.00956. The molecule has 0 saturated carbocycles. The third-order valence-corrected chi connectivity index (χ3v) is 33.2. The maximum absolute atomic E-state index is 6.68. The first kappa shape index (κ1) is 41.3. The minimum atomic E-state index is -1.87. The third-order valence-electron chi connectivity index (χ3n) is 8.19. The molecule has 0 spiro atoms. The van der Waals surface area contributed by atoms with E-state index in [4.69, 9.17) is 49.1 Å². The number of hydrogen-bond donors (Lipinski definition) is 0. The molecule has 0 aliphatic rings. The van der Waals surface area contributed by atoms with Gasteiger partial charge in [0.15, 0.2) is 0 Å². The van der Waals surface area contributed by atoms with Crippen LogP contribution in [0.25, 0.3) is 0 Å². The van der Waals surface area contributed by atoms with Crippen LogP contribution in [-0.2, 0) is 4.74 Å². The van der Waals surface area contributed by atoms with Crippen molar-refractivity contribution in [1.29, 1.82) is 0 Å². The SMILES string of the molecule is CC(CCCN([Si](C)(C)C)[Si](C)(C)C)(CCOCCC(C)(CCCN([Si](C)(C)C)[Si](C)(C)C)[SiH](Cl)Cl)[SiH](Cl)Cl. The molecule has 0 rings (SSSR count). The molecule has 0 heterocycles. The van der Waals surface area contributed by atoms with E-state index in [1.165, 1.54) is 13.1 Å². The summed E-state index contributed by atoms with van der Waals surface area (Å²) in [6.07, 6.45) is 6.32. The van der Waals surface area contributed by atoms with E-state index < -0.39 is 47.8 Å². The van der Waals surface area contributed by atoms with Crippen molar-refractivity contribution < 1.29 is 4.74 Å². The Bertz CT molecular complexity index is 625. The number of nitrogens with zero attached hydrogens (tertiary/aromatic N) is 2. The average molecular weight is 731 g/mol. The smallest absolute Gasteiger partial charge is 0.242 e. The van der Waals surface area contributed by atoms with E-state index in [2.05, 4.69) is 101 Å². The Balaban J connectivity index is 4.92. The molecule has 0 bridgehead atoms. The zero-order valence-corrected chi connectivity index (χ0v) is 37.4. The van der Waals surface area contributed by atoms with Crippen LogP contribution in [0.15, 0.2) is 0 Å². The number of rotatable bonds is 20. The first-order valence-electron chi connectivity index (χ1n) is 15.0. The van der Waals surface area contributed by atoms with Crippen molar-refractivity contribution in [1.82, 2.24) is 8.46 Å². The van der Waals surface area contributed by atoms with Crippen LogP contribution in [0, 0.1) is 0 Å². The van der Waals surface area contributed by atoms with E-state index in [0.29, 0.717) is 13.2 Å². The van der Waals surface area contributed by atoms with Gasteiger partial charge in [0.05, 0.1) is 0 Å². The van der Waals surface area contributed by atoms with Crippen molar-refractivity contribution in [2.45, 2.75) is 141 Å². The van der Waals surface area contributed by atoms with Gasteiger partial charge in [0.25, 0.3) is 0 Å². The minimum Gasteiger partial charge on any atom is -0.381 e. The summed E-state index contributed by atoms with van der Waals surface area (Å²) in [5.74, 6) is 0. The fourth-order valence-electron chi connectivity index (χ4n) is 6.04. The predicted octanol–water partition coefficient (Wildman–Crippen LogP) is 10.2. The summed E-state index contributed by atoms with van der Waals surface area (Å²) < 4.78 is 11.9. The van der Waals surface area contributed by atoms with Crippen molar-refractivity contribution in [2.24, 2.45) is 0 Å². The lowest BCUT2D eigenvalue weighted by Gasteiger charge is -2.44. The molecule has 236 valence electrons. The number of ether oxygens (including phenoxy) is 1. The van der Waals surface area contributed by atoms with Crippen molar-refractivity contribution >= 4 is 92.1 Å². The second-order valence-corrected chi connectivity index (χ2v) is 47.2. The van der Waals surface area contributed by atoms with Gasteiger partial charge in [-0.3, -0.25) is 0 Å². The van der Waals surface area contributed by atoms with E-state index in [9.17, 15) is 0 Å². The highest BCUT2D eigenvalue weighted by Gasteiger charge is 2.38. The topological polar surface area (TPSA) is 15.7 Å². The molecule has 0 aromatic rings. The molecule has 0 aromatic heterocycles. The fourth-order valence-corrected chi connectivity index (χ4v) is 29.6. The summed E-state index contributed by atoms with van der Waals surface area (Å²) in [7, 11) is -9.12. The summed E-state index contributed by atoms with van der Waals surface area (Å²) >= 11 is 26.7. The van der Waals surface area contributed by atoms with Gasteiger partial charge in [0.1, 0.15) is 32.9 Å². The number of halogens is 4. The van der Waals surface area contributed by atoms with E-state index in [1.54, 1.807) is 0 Å². The van der Waals surface area contributed by atoms with Gasteiger partial charge in [-0.2, -0.15) is 0 Å². The molecule has 2 unspecified atom stereocenters. The first-order valence-corrected chi connectivity index (χ1v) is 36.9. The Labute approximate surface area is 270 Å². The molecule has 0 fully saturated rings. The normalized spacial score (nSPS) is 17.4. The zero-order chi connectivity index (χ0) is 31.1. The summed E-state index contributed by atoms with van der Waals surface area (Å²) in [6, 6.07) is 0. The fraction of sp³-hybridized carbons (Fsp3) is 1.00. The number of hydrogen-bond acceptors (Lipinski definition) is 3. The maximum Gasteiger partial charge on any atom is 0.242 e. The van der Waals surface area contributed by atoms with Gasteiger partial charge in [-0.1, -0.05) is 92.4 Å². The van der Waals surface area contributed by atoms with Gasteiger partial charge in [-0.15, -0.1) is 44.3 Å². The third kappa shape index (κ3) is 15.3. The van der Waals surface area contributed by atoms with Crippen LogP contribution in [-0.4, -0.2) is 82.5 Å². The van der Waals surface area contributed by atoms with Crippen molar-refractivity contribution in [3.05, 3.63) is 0 Å². The zero-order valence-electron chi connectivity index (χ0n) is 28.0. The Hall–Kier alpha value is 2.34. The van der Waals surface area contributed by atoms with Gasteiger partial charge in [0.2, 0.25) is 14.8 Å². The lowest BCUT2D eigenvalue weighted by atomic mass is 10.00. The Morgan fingerprint density at radius 3 is 0.974 bits per heavy atom. The quantitative estimate of drug-likeness (QED) is 0.0705. The van der Waals surface area contributed by atoms with Crippen LogP contribution in [0.1, 0.15) is 52.4 Å². The second-order valence-electron chi connectivity index (χ2n) is 16.2. The summed E-state index contributed by atoms with van der Waals surface area (Å²) in [5, 5.41) is -0.0191. The average Bonchev–Trinajstić information content (AvgIpc) is 2.70. The maximum atomic E-state index is 6.68. The Morgan fingerprint density at radius 2 is 0.769 bits per heavy atom. The van der Waals surface area contributed by atoms with Gasteiger partial charge < -0.3 is 13.2 Å². The van der Waals surface area contributed by atoms with Gasteiger partial charge >= 0.3 is 0 Å². The first-order chi connectivity index (χ1) is 17.3. The molecular formula is C26H64Cl4N2OSi6. The van der Waals surface area contributed by atoms with E-state index in [0.717, 1.165) is 38.5 Å². The van der Waals surface area contributed by atoms with Crippen LogP contribution in [0.5, 0.6) is 0 Å². The molecule has 2 atom stereocenters. The van der Waals surface area contributed by atoms with Crippen LogP contribution in [0.3, 0.4) is 0 Å². The largest absolute Gasteiger partial charge is 0.381 e. The molecule has 0 amide bonds. The summed E-state index contributed by atoms with van der Waals surface area (Å²) in [5.41, 5.74) is 0. The molecule has 0 N–H and O–H groups in total. The van der Waals surface area contributed by atoms with Crippen LogP contribution in [0.2, 0.25) is 88.6 Å². The molecule has 3 nitrogen and oxygen atoms in total. The molecule has 0 saturated heterocycles. The van der Waals surface area contributed by atoms with Crippen LogP contribution >= 0.6 is 44.3 Å². The summed E-state index contributed by atoms with van der Waals surface area (Å²) in [4.78, 5) is 0. The molecule has 13 heteroatoms. The highest BCUT2D eigenvalue weighted by Crippen LogP contribution is 2.44. The molecule has 0 aliphatic carbocycles. The Kier molecular flexibility index (Phi) is 17.6. The summed E-state index contributed by atoms with van der Waals surface area (Å²) in [6.45, 7) is 37.9. The van der Waals surface area contributed by atoms with Crippen molar-refractivity contribution in [2.75, 3.05) is 26.3 Å². The standard InChI is InChI=1S/C26H64Cl4N2OSi6/c1-25(34(27)28,17-15-21-31(36(3,4)5)37(6,7)8)19-23-33-24-20-26(2,35(29)30)18-16-22-32(38(9,10)11)39(12,13)14/h34-35H,15-24H2,1-14H3. The lowest BCUT2D eigenvalue weighted by molar-refractivity contribution is 0.111. The van der Waals surface area contributed by atoms with Crippen molar-refractivity contribution in [3.63, 3.8) is 0 Å². The lowest BCUT2D eigenvalue weighted by Crippen LogP contribution is -2.59. The molecule has 39 heavy (non-hydrogen) atoms. The van der Waals surface area contributed by atoms with E-state index >= 15 is 0 Å². The van der Waals surface area contributed by atoms with Crippen LogP contribution in [0.4, 0.5) is 0 Å². The highest BCUT2D eigenvalue weighted by atomic mass is 35.7. The van der Waals surface area contributed by atoms with E-state index in [1.807, 2.05) is 0 Å². The Morgan fingerprint density at radius 1 is 0.513 bits per heavy atom. The van der Waals surface area contributed by atoms with Gasteiger partial charge in [0, 0.05) is 13.2 Å². The monoisotopic (exact) mass is 728 g/mol.